The topological polar surface area (TPSA) is 49.7 Å². The molecule has 1 rings (SSSR count). The minimum absolute atomic E-state index is 0.00959. The SMILES string of the molecule is C=C/C=C\C(=NC=C)C(=O)[C@@H]1C[C@@H](F)CN1C=O. The maximum atomic E-state index is 13.2. The predicted molar refractivity (Wildman–Crippen MR) is 68.0 cm³/mol. The standard InChI is InChI=1S/C13H15FN2O2/c1-3-5-6-11(15-4-2)13(18)12-7-10(14)8-16(12)9-17/h3-6,9-10,12H,1-2,7-8H2/b6-5-,15-11?/t10-,12+/m1/s1. The third-order valence-corrected chi connectivity index (χ3v) is 2.60. The van der Waals surface area contributed by atoms with Gasteiger partial charge in [-0.05, 0) is 6.08 Å². The summed E-state index contributed by atoms with van der Waals surface area (Å²) in [6.45, 7) is 6.85. The Morgan fingerprint density at radius 3 is 2.72 bits per heavy atom. The van der Waals surface area contributed by atoms with Crippen LogP contribution in [0.15, 0.2) is 42.6 Å². The third-order valence-electron chi connectivity index (χ3n) is 2.60. The molecule has 1 amide bonds. The number of aliphatic imine (C=N–C) groups is 1. The number of rotatable bonds is 6. The number of carbonyl (C=O) groups is 2. The number of likely N-dealkylation sites (tertiary alicyclic amines) is 1. The Kier molecular flexibility index (Phi) is 5.17. The summed E-state index contributed by atoms with van der Waals surface area (Å²) in [7, 11) is 0. The van der Waals surface area contributed by atoms with E-state index in [4.69, 9.17) is 0 Å². The normalized spacial score (nSPS) is 24.3. The van der Waals surface area contributed by atoms with E-state index in [1.54, 1.807) is 6.08 Å². The quantitative estimate of drug-likeness (QED) is 0.407. The van der Waals surface area contributed by atoms with Gasteiger partial charge in [0.1, 0.15) is 11.9 Å². The lowest BCUT2D eigenvalue weighted by Crippen LogP contribution is -2.38. The van der Waals surface area contributed by atoms with Crippen LogP contribution in [0.1, 0.15) is 6.42 Å². The summed E-state index contributed by atoms with van der Waals surface area (Å²) in [6, 6.07) is -0.786. The maximum absolute atomic E-state index is 13.2. The molecule has 1 aliphatic rings. The molecule has 18 heavy (non-hydrogen) atoms. The van der Waals surface area contributed by atoms with Gasteiger partial charge in [-0.15, -0.1) is 0 Å². The Morgan fingerprint density at radius 2 is 2.17 bits per heavy atom. The number of hydrogen-bond acceptors (Lipinski definition) is 3. The van der Waals surface area contributed by atoms with Crippen LogP contribution in [0.3, 0.4) is 0 Å². The van der Waals surface area contributed by atoms with Gasteiger partial charge in [0.2, 0.25) is 12.2 Å². The molecule has 5 heteroatoms. The molecule has 0 aromatic carbocycles. The summed E-state index contributed by atoms with van der Waals surface area (Å²) in [5.41, 5.74) is 0.135. The molecule has 4 nitrogen and oxygen atoms in total. The van der Waals surface area contributed by atoms with Crippen molar-refractivity contribution < 1.29 is 14.0 Å². The van der Waals surface area contributed by atoms with Crippen LogP contribution in [0, 0.1) is 0 Å². The molecule has 1 heterocycles. The van der Waals surface area contributed by atoms with E-state index in [-0.39, 0.29) is 24.5 Å². The highest BCUT2D eigenvalue weighted by Crippen LogP contribution is 2.20. The summed E-state index contributed by atoms with van der Waals surface area (Å²) in [5.74, 6) is -0.389. The first kappa shape index (κ1) is 14.0. The van der Waals surface area contributed by atoms with Crippen molar-refractivity contribution in [3.8, 4) is 0 Å². The van der Waals surface area contributed by atoms with E-state index in [1.807, 2.05) is 0 Å². The van der Waals surface area contributed by atoms with E-state index in [1.165, 1.54) is 18.4 Å². The highest BCUT2D eigenvalue weighted by molar-refractivity contribution is 6.46. The summed E-state index contributed by atoms with van der Waals surface area (Å²) in [6.07, 6.45) is 5.07. The van der Waals surface area contributed by atoms with E-state index < -0.39 is 12.2 Å². The molecule has 0 spiro atoms. The van der Waals surface area contributed by atoms with E-state index in [2.05, 4.69) is 18.2 Å². The molecule has 0 aromatic heterocycles. The summed E-state index contributed by atoms with van der Waals surface area (Å²) >= 11 is 0. The smallest absolute Gasteiger partial charge is 0.210 e. The first-order valence-electron chi connectivity index (χ1n) is 5.51. The first-order valence-corrected chi connectivity index (χ1v) is 5.51. The van der Waals surface area contributed by atoms with E-state index in [0.717, 1.165) is 4.90 Å². The van der Waals surface area contributed by atoms with Crippen molar-refractivity contribution in [2.24, 2.45) is 4.99 Å². The second-order valence-electron chi connectivity index (χ2n) is 3.81. The van der Waals surface area contributed by atoms with Crippen molar-refractivity contribution in [3.05, 3.63) is 37.6 Å². The van der Waals surface area contributed by atoms with Gasteiger partial charge in [-0.2, -0.15) is 0 Å². The number of hydrogen-bond donors (Lipinski definition) is 0. The molecule has 0 aliphatic carbocycles. The lowest BCUT2D eigenvalue weighted by molar-refractivity contribution is -0.125. The van der Waals surface area contributed by atoms with Gasteiger partial charge in [-0.25, -0.2) is 4.39 Å². The Bertz CT molecular complexity index is 415. The number of nitrogens with zero attached hydrogens (tertiary/aromatic N) is 2. The van der Waals surface area contributed by atoms with E-state index >= 15 is 0 Å². The van der Waals surface area contributed by atoms with Crippen molar-refractivity contribution in [2.45, 2.75) is 18.6 Å². The van der Waals surface area contributed by atoms with Crippen LogP contribution in [0.25, 0.3) is 0 Å². The molecule has 96 valence electrons. The number of Topliss-reactive ketones (excluding diaryl/α,β-unsaturated/α-hetero) is 1. The predicted octanol–water partition coefficient (Wildman–Crippen LogP) is 1.45. The lowest BCUT2D eigenvalue weighted by atomic mass is 10.0. The fourth-order valence-electron chi connectivity index (χ4n) is 1.80. The fourth-order valence-corrected chi connectivity index (χ4v) is 1.80. The molecule has 0 saturated carbocycles. The first-order chi connectivity index (χ1) is 8.63. The molecule has 2 atom stereocenters. The molecule has 0 radical (unpaired) electrons. The second-order valence-corrected chi connectivity index (χ2v) is 3.81. The summed E-state index contributed by atoms with van der Waals surface area (Å²) in [4.78, 5) is 27.9. The third kappa shape index (κ3) is 3.23. The lowest BCUT2D eigenvalue weighted by Gasteiger charge is -2.17. The number of amides is 1. The van der Waals surface area contributed by atoms with Gasteiger partial charge < -0.3 is 4.90 Å². The van der Waals surface area contributed by atoms with Crippen LogP contribution in [-0.4, -0.2) is 41.6 Å². The minimum Gasteiger partial charge on any atom is -0.332 e. The highest BCUT2D eigenvalue weighted by Gasteiger charge is 2.37. The fraction of sp³-hybridized carbons (Fsp3) is 0.308. The van der Waals surface area contributed by atoms with Crippen LogP contribution < -0.4 is 0 Å². The molecule has 0 unspecified atom stereocenters. The van der Waals surface area contributed by atoms with Crippen molar-refractivity contribution in [1.29, 1.82) is 0 Å². The Balaban J connectivity index is 2.92. The van der Waals surface area contributed by atoms with Crippen molar-refractivity contribution in [3.63, 3.8) is 0 Å². The zero-order valence-electron chi connectivity index (χ0n) is 9.96. The molecule has 0 bridgehead atoms. The van der Waals surface area contributed by atoms with Crippen LogP contribution in [0.2, 0.25) is 0 Å². The van der Waals surface area contributed by atoms with Crippen LogP contribution in [0.4, 0.5) is 4.39 Å². The Morgan fingerprint density at radius 1 is 1.44 bits per heavy atom. The van der Waals surface area contributed by atoms with Gasteiger partial charge in [0, 0.05) is 12.6 Å². The second kappa shape index (κ2) is 6.64. The van der Waals surface area contributed by atoms with E-state index in [0.29, 0.717) is 6.41 Å². The van der Waals surface area contributed by atoms with Gasteiger partial charge in [0.25, 0.3) is 0 Å². The molecule has 1 fully saturated rings. The van der Waals surface area contributed by atoms with Gasteiger partial charge in [0.05, 0.1) is 12.6 Å². The number of alkyl halides is 1. The van der Waals surface area contributed by atoms with Gasteiger partial charge in [-0.3, -0.25) is 14.6 Å². The number of ketones is 1. The highest BCUT2D eigenvalue weighted by atomic mass is 19.1. The molecular weight excluding hydrogens is 235 g/mol. The summed E-state index contributed by atoms with van der Waals surface area (Å²) in [5, 5.41) is 0. The van der Waals surface area contributed by atoms with Crippen molar-refractivity contribution >= 4 is 17.9 Å². The van der Waals surface area contributed by atoms with Gasteiger partial charge >= 0.3 is 0 Å². The van der Waals surface area contributed by atoms with Gasteiger partial charge in [0.15, 0.2) is 0 Å². The number of carbonyl (C=O) groups excluding carboxylic acids is 2. The van der Waals surface area contributed by atoms with E-state index in [9.17, 15) is 14.0 Å². The number of allylic oxidation sites excluding steroid dienone is 3. The van der Waals surface area contributed by atoms with Gasteiger partial charge in [-0.1, -0.05) is 25.3 Å². The molecule has 1 saturated heterocycles. The van der Waals surface area contributed by atoms with Crippen LogP contribution in [0.5, 0.6) is 0 Å². The molecule has 1 aliphatic heterocycles. The minimum atomic E-state index is -1.17. The maximum Gasteiger partial charge on any atom is 0.210 e. The van der Waals surface area contributed by atoms with Crippen molar-refractivity contribution in [2.75, 3.05) is 6.54 Å². The molecule has 0 aromatic rings. The largest absolute Gasteiger partial charge is 0.332 e. The Labute approximate surface area is 105 Å². The monoisotopic (exact) mass is 250 g/mol. The molecule has 0 N–H and O–H groups in total. The zero-order valence-corrected chi connectivity index (χ0v) is 9.96. The van der Waals surface area contributed by atoms with Crippen molar-refractivity contribution in [1.82, 2.24) is 4.90 Å². The molecular formula is C13H15FN2O2. The zero-order chi connectivity index (χ0) is 13.5. The van der Waals surface area contributed by atoms with Crippen LogP contribution in [-0.2, 0) is 9.59 Å². The average molecular weight is 250 g/mol. The number of halogens is 1. The average Bonchev–Trinajstić information content (AvgIpc) is 2.75. The summed E-state index contributed by atoms with van der Waals surface area (Å²) < 4.78 is 13.2. The Hall–Kier alpha value is -2.04. The van der Waals surface area contributed by atoms with Crippen LogP contribution >= 0.6 is 0 Å².